The number of nitrogens with zero attached hydrogens (tertiary/aromatic N) is 2. The second-order valence-electron chi connectivity index (χ2n) is 6.00. The predicted molar refractivity (Wildman–Crippen MR) is 94.3 cm³/mol. The van der Waals surface area contributed by atoms with Crippen molar-refractivity contribution in [1.29, 1.82) is 0 Å². The zero-order valence-corrected chi connectivity index (χ0v) is 14.6. The van der Waals surface area contributed by atoms with Crippen LogP contribution in [0.4, 0.5) is 4.39 Å². The average molecular weight is 332 g/mol. The molecule has 0 N–H and O–H groups in total. The van der Waals surface area contributed by atoms with Crippen LogP contribution in [0.1, 0.15) is 43.7 Å². The number of hydrogen-bond donors (Lipinski definition) is 0. The van der Waals surface area contributed by atoms with Gasteiger partial charge in [-0.2, -0.15) is 0 Å². The Morgan fingerprint density at radius 3 is 2.83 bits per heavy atom. The number of hydrogen-bond acceptors (Lipinski definition) is 4. The zero-order valence-electron chi connectivity index (χ0n) is 14.6. The third-order valence-corrected chi connectivity index (χ3v) is 4.12. The molecule has 0 saturated carbocycles. The van der Waals surface area contributed by atoms with Gasteiger partial charge in [-0.05, 0) is 43.2 Å². The van der Waals surface area contributed by atoms with Crippen LogP contribution in [0.15, 0.2) is 29.3 Å². The monoisotopic (exact) mass is 332 g/mol. The maximum absolute atomic E-state index is 13.5. The summed E-state index contributed by atoms with van der Waals surface area (Å²) in [6, 6.07) is 5.03. The van der Waals surface area contributed by atoms with E-state index >= 15 is 0 Å². The van der Waals surface area contributed by atoms with Crippen molar-refractivity contribution in [3.05, 3.63) is 41.2 Å². The highest BCUT2D eigenvalue weighted by Crippen LogP contribution is 2.23. The molecular formula is C19H25FN2O2. The predicted octanol–water partition coefficient (Wildman–Crippen LogP) is 3.94. The van der Waals surface area contributed by atoms with Crippen molar-refractivity contribution in [3.63, 3.8) is 0 Å². The molecule has 0 amide bonds. The Bertz CT molecular complexity index is 653. The lowest BCUT2D eigenvalue weighted by molar-refractivity contribution is -0.140. The van der Waals surface area contributed by atoms with Crippen molar-refractivity contribution in [2.24, 2.45) is 4.99 Å². The van der Waals surface area contributed by atoms with Gasteiger partial charge in [0.2, 0.25) is 0 Å². The largest absolute Gasteiger partial charge is 0.468 e. The molecule has 1 aliphatic rings. The highest BCUT2D eigenvalue weighted by atomic mass is 19.1. The van der Waals surface area contributed by atoms with Crippen LogP contribution in [0.25, 0.3) is 5.70 Å². The third kappa shape index (κ3) is 4.66. The summed E-state index contributed by atoms with van der Waals surface area (Å²) in [7, 11) is 1.39. The van der Waals surface area contributed by atoms with Crippen molar-refractivity contribution >= 4 is 17.5 Å². The van der Waals surface area contributed by atoms with E-state index in [1.807, 2.05) is 17.0 Å². The molecule has 4 nitrogen and oxygen atoms in total. The summed E-state index contributed by atoms with van der Waals surface area (Å²) in [5, 5.41) is 0. The van der Waals surface area contributed by atoms with Crippen molar-refractivity contribution in [3.8, 4) is 0 Å². The van der Waals surface area contributed by atoms with E-state index in [2.05, 4.69) is 6.92 Å². The maximum Gasteiger partial charge on any atom is 0.325 e. The standard InChI is InChI=1S/C19H25FN2O2/c1-4-5-6-7-18-21-17(10-11-22(18)13-19(23)24-3)15-8-9-16(20)14(2)12-15/h8-10,12H,4-7,11,13H2,1-3H3. The van der Waals surface area contributed by atoms with Gasteiger partial charge in [-0.1, -0.05) is 19.8 Å². The lowest BCUT2D eigenvalue weighted by Crippen LogP contribution is -2.38. The molecule has 0 saturated heterocycles. The first-order chi connectivity index (χ1) is 11.5. The van der Waals surface area contributed by atoms with Crippen LogP contribution in [0.5, 0.6) is 0 Å². The average Bonchev–Trinajstić information content (AvgIpc) is 2.58. The lowest BCUT2D eigenvalue weighted by Gasteiger charge is -2.28. The highest BCUT2D eigenvalue weighted by molar-refractivity contribution is 5.92. The molecule has 0 spiro atoms. The topological polar surface area (TPSA) is 41.9 Å². The quantitative estimate of drug-likeness (QED) is 0.561. The first-order valence-electron chi connectivity index (χ1n) is 8.41. The molecule has 0 unspecified atom stereocenters. The van der Waals surface area contributed by atoms with E-state index in [9.17, 15) is 9.18 Å². The molecule has 1 aromatic rings. The van der Waals surface area contributed by atoms with Crippen molar-refractivity contribution in [2.45, 2.75) is 39.5 Å². The number of ether oxygens (including phenoxy) is 1. The number of halogens is 1. The number of benzene rings is 1. The van der Waals surface area contributed by atoms with E-state index in [0.29, 0.717) is 12.1 Å². The molecule has 0 aromatic heterocycles. The van der Waals surface area contributed by atoms with Crippen LogP contribution < -0.4 is 0 Å². The number of rotatable bonds is 7. The summed E-state index contributed by atoms with van der Waals surface area (Å²) in [4.78, 5) is 18.3. The number of esters is 1. The maximum atomic E-state index is 13.5. The van der Waals surface area contributed by atoms with Gasteiger partial charge in [0.25, 0.3) is 0 Å². The summed E-state index contributed by atoms with van der Waals surface area (Å²) in [6.07, 6.45) is 6.08. The van der Waals surface area contributed by atoms with Crippen LogP contribution in [-0.4, -0.2) is 36.9 Å². The molecule has 2 rings (SSSR count). The Kier molecular flexibility index (Phi) is 6.53. The zero-order chi connectivity index (χ0) is 17.5. The number of carbonyl (C=O) groups is 1. The van der Waals surface area contributed by atoms with Gasteiger partial charge < -0.3 is 9.64 Å². The molecule has 0 bridgehead atoms. The van der Waals surface area contributed by atoms with Gasteiger partial charge in [0, 0.05) is 18.5 Å². The Labute approximate surface area is 143 Å². The van der Waals surface area contributed by atoms with Crippen LogP contribution >= 0.6 is 0 Å². The van der Waals surface area contributed by atoms with Crippen molar-refractivity contribution in [2.75, 3.05) is 20.2 Å². The number of unbranched alkanes of at least 4 members (excludes halogenated alkanes) is 2. The summed E-state index contributed by atoms with van der Waals surface area (Å²) >= 11 is 0. The Morgan fingerprint density at radius 1 is 1.38 bits per heavy atom. The smallest absolute Gasteiger partial charge is 0.325 e. The third-order valence-electron chi connectivity index (χ3n) is 4.12. The van der Waals surface area contributed by atoms with Gasteiger partial charge in [-0.3, -0.25) is 4.79 Å². The molecule has 0 atom stereocenters. The molecule has 0 radical (unpaired) electrons. The van der Waals surface area contributed by atoms with Crippen LogP contribution in [0.3, 0.4) is 0 Å². The normalized spacial score (nSPS) is 14.2. The summed E-state index contributed by atoms with van der Waals surface area (Å²) in [6.45, 7) is 4.71. The lowest BCUT2D eigenvalue weighted by atomic mass is 10.1. The van der Waals surface area contributed by atoms with Gasteiger partial charge in [-0.25, -0.2) is 9.38 Å². The van der Waals surface area contributed by atoms with Gasteiger partial charge in [0.15, 0.2) is 0 Å². The molecule has 0 aliphatic carbocycles. The molecule has 130 valence electrons. The minimum atomic E-state index is -0.271. The number of methoxy groups -OCH3 is 1. The van der Waals surface area contributed by atoms with E-state index in [-0.39, 0.29) is 18.3 Å². The van der Waals surface area contributed by atoms with Gasteiger partial charge in [0.1, 0.15) is 18.2 Å². The molecule has 1 aliphatic heterocycles. The van der Waals surface area contributed by atoms with Crippen LogP contribution in [0.2, 0.25) is 0 Å². The van der Waals surface area contributed by atoms with Crippen LogP contribution in [0, 0.1) is 12.7 Å². The minimum absolute atomic E-state index is 0.202. The number of aryl methyl sites for hydroxylation is 1. The minimum Gasteiger partial charge on any atom is -0.468 e. The number of carbonyl (C=O) groups excluding carboxylic acids is 1. The Balaban J connectivity index is 2.21. The van der Waals surface area contributed by atoms with E-state index < -0.39 is 0 Å². The van der Waals surface area contributed by atoms with Crippen LogP contribution in [-0.2, 0) is 9.53 Å². The molecule has 1 aromatic carbocycles. The van der Waals surface area contributed by atoms with Gasteiger partial charge >= 0.3 is 5.97 Å². The second kappa shape index (κ2) is 8.62. The van der Waals surface area contributed by atoms with E-state index in [0.717, 1.165) is 42.8 Å². The summed E-state index contributed by atoms with van der Waals surface area (Å²) in [5.41, 5.74) is 2.35. The van der Waals surface area contributed by atoms with Crippen molar-refractivity contribution < 1.29 is 13.9 Å². The molecule has 0 fully saturated rings. The molecule has 1 heterocycles. The molecular weight excluding hydrogens is 307 g/mol. The van der Waals surface area contributed by atoms with E-state index in [1.54, 1.807) is 13.0 Å². The Hall–Kier alpha value is -2.17. The SMILES string of the molecule is CCCCCC1=NC(c2ccc(F)c(C)c2)=CCN1CC(=O)OC. The van der Waals surface area contributed by atoms with Crippen molar-refractivity contribution in [1.82, 2.24) is 4.90 Å². The fraction of sp³-hybridized carbons (Fsp3) is 0.474. The second-order valence-corrected chi connectivity index (χ2v) is 6.00. The van der Waals surface area contributed by atoms with Gasteiger partial charge in [0.05, 0.1) is 12.8 Å². The van der Waals surface area contributed by atoms with Gasteiger partial charge in [-0.15, -0.1) is 0 Å². The number of amidine groups is 1. The fourth-order valence-electron chi connectivity index (χ4n) is 2.67. The molecule has 24 heavy (non-hydrogen) atoms. The summed E-state index contributed by atoms with van der Waals surface area (Å²) < 4.78 is 18.2. The fourth-order valence-corrected chi connectivity index (χ4v) is 2.67. The molecule has 5 heteroatoms. The first-order valence-corrected chi connectivity index (χ1v) is 8.41. The first kappa shape index (κ1) is 18.2. The number of aliphatic imine (C=N–C) groups is 1. The highest BCUT2D eigenvalue weighted by Gasteiger charge is 2.19. The van der Waals surface area contributed by atoms with E-state index in [1.165, 1.54) is 13.2 Å². The van der Waals surface area contributed by atoms with E-state index in [4.69, 9.17) is 9.73 Å². The summed E-state index contributed by atoms with van der Waals surface area (Å²) in [5.74, 6) is 0.413. The Morgan fingerprint density at radius 2 is 2.17 bits per heavy atom.